The Hall–Kier alpha value is -2.15. The molecule has 198 valence electrons. The van der Waals surface area contributed by atoms with Crippen LogP contribution in [0.3, 0.4) is 0 Å². The van der Waals surface area contributed by atoms with Gasteiger partial charge >= 0.3 is 6.09 Å². The number of hydrogen-bond acceptors (Lipinski definition) is 4. The lowest BCUT2D eigenvalue weighted by atomic mass is 9.63. The minimum atomic E-state index is -0.289. The Labute approximate surface area is 214 Å². The number of likely N-dealkylation sites (tertiary alicyclic amines) is 1. The van der Waals surface area contributed by atoms with Crippen LogP contribution in [0.15, 0.2) is 24.3 Å². The smallest absolute Gasteiger partial charge is 0.410 e. The minimum Gasteiger partial charge on any atom is -0.447 e. The fourth-order valence-corrected chi connectivity index (χ4v) is 7.27. The Kier molecular flexibility index (Phi) is 7.30. The molecule has 1 N–H and O–H groups in total. The van der Waals surface area contributed by atoms with E-state index in [0.29, 0.717) is 12.5 Å². The molecule has 0 spiro atoms. The van der Waals surface area contributed by atoms with Crippen molar-refractivity contribution in [3.8, 4) is 0 Å². The molecule has 3 saturated heterocycles. The second kappa shape index (κ2) is 10.3. The van der Waals surface area contributed by atoms with Gasteiger partial charge in [0.05, 0.1) is 5.54 Å². The summed E-state index contributed by atoms with van der Waals surface area (Å²) in [6, 6.07) is 6.65. The van der Waals surface area contributed by atoms with E-state index >= 15 is 0 Å². The molecule has 4 fully saturated rings. The molecule has 36 heavy (non-hydrogen) atoms. The van der Waals surface area contributed by atoms with Crippen molar-refractivity contribution in [3.63, 3.8) is 0 Å². The van der Waals surface area contributed by atoms with Gasteiger partial charge in [0, 0.05) is 38.0 Å². The van der Waals surface area contributed by atoms with Gasteiger partial charge in [-0.15, -0.1) is 0 Å². The SMILES string of the molecule is CC1(C)COC(=O)N1CC1(C2CCCCC2)CCN(C(=O)[C@H]2CCNC[C@@H]2c2ccc(F)cc2)CC1. The molecule has 1 aromatic rings. The van der Waals surface area contributed by atoms with Gasteiger partial charge in [-0.1, -0.05) is 31.4 Å². The summed E-state index contributed by atoms with van der Waals surface area (Å²) in [6.45, 7) is 8.44. The standard InChI is InChI=1S/C29H42FN3O3/c1-28(2)20-36-27(35)33(28)19-29(22-6-4-3-5-7-22)13-16-32(17-14-29)26(34)24-12-15-31-18-25(24)21-8-10-23(30)11-9-21/h8-11,22,24-25,31H,3-7,12-20H2,1-2H3/t24-,25+/m0/s1. The van der Waals surface area contributed by atoms with Crippen LogP contribution in [0.5, 0.6) is 0 Å². The number of benzene rings is 1. The first-order chi connectivity index (χ1) is 17.3. The summed E-state index contributed by atoms with van der Waals surface area (Å²) in [5.74, 6) is 0.580. The number of ether oxygens (including phenoxy) is 1. The van der Waals surface area contributed by atoms with Gasteiger partial charge in [0.15, 0.2) is 0 Å². The van der Waals surface area contributed by atoms with Crippen LogP contribution in [0.25, 0.3) is 0 Å². The van der Waals surface area contributed by atoms with Crippen LogP contribution >= 0.6 is 0 Å². The minimum absolute atomic E-state index is 0.0440. The van der Waals surface area contributed by atoms with Crippen molar-refractivity contribution in [1.29, 1.82) is 0 Å². The number of halogens is 1. The fraction of sp³-hybridized carbons (Fsp3) is 0.724. The molecule has 0 unspecified atom stereocenters. The summed E-state index contributed by atoms with van der Waals surface area (Å²) in [5, 5.41) is 3.43. The molecule has 0 radical (unpaired) electrons. The van der Waals surface area contributed by atoms with E-state index in [9.17, 15) is 14.0 Å². The summed E-state index contributed by atoms with van der Waals surface area (Å²) in [4.78, 5) is 30.6. The lowest BCUT2D eigenvalue weighted by molar-refractivity contribution is -0.140. The quantitative estimate of drug-likeness (QED) is 0.624. The topological polar surface area (TPSA) is 61.9 Å². The number of rotatable bonds is 5. The van der Waals surface area contributed by atoms with E-state index in [2.05, 4.69) is 24.1 Å². The van der Waals surface area contributed by atoms with Crippen LogP contribution < -0.4 is 5.32 Å². The van der Waals surface area contributed by atoms with Crippen LogP contribution in [-0.2, 0) is 9.53 Å². The molecule has 5 rings (SSSR count). The first kappa shape index (κ1) is 25.5. The van der Waals surface area contributed by atoms with Gasteiger partial charge in [-0.2, -0.15) is 0 Å². The number of hydrogen-bond donors (Lipinski definition) is 1. The molecule has 3 heterocycles. The van der Waals surface area contributed by atoms with Crippen molar-refractivity contribution in [3.05, 3.63) is 35.6 Å². The summed E-state index contributed by atoms with van der Waals surface area (Å²) in [7, 11) is 0. The molecule has 2 amide bonds. The van der Waals surface area contributed by atoms with Gasteiger partial charge in [-0.25, -0.2) is 9.18 Å². The highest BCUT2D eigenvalue weighted by Gasteiger charge is 2.50. The highest BCUT2D eigenvalue weighted by molar-refractivity contribution is 5.80. The zero-order valence-electron chi connectivity index (χ0n) is 21.9. The summed E-state index contributed by atoms with van der Waals surface area (Å²) < 4.78 is 19.0. The fourth-order valence-electron chi connectivity index (χ4n) is 7.27. The summed E-state index contributed by atoms with van der Waals surface area (Å²) in [6.07, 6.45) is 8.76. The van der Waals surface area contributed by atoms with E-state index in [1.54, 1.807) is 0 Å². The zero-order chi connectivity index (χ0) is 25.3. The number of amides is 2. The molecule has 0 aromatic heterocycles. The second-order valence-corrected chi connectivity index (χ2v) is 12.2. The molecule has 4 aliphatic rings. The highest BCUT2D eigenvalue weighted by atomic mass is 19.1. The average Bonchev–Trinajstić information content (AvgIpc) is 3.16. The van der Waals surface area contributed by atoms with Crippen molar-refractivity contribution in [1.82, 2.24) is 15.1 Å². The van der Waals surface area contributed by atoms with Crippen molar-refractivity contribution < 1.29 is 18.7 Å². The monoisotopic (exact) mass is 499 g/mol. The van der Waals surface area contributed by atoms with Gasteiger partial charge in [0.1, 0.15) is 12.4 Å². The van der Waals surface area contributed by atoms with Crippen molar-refractivity contribution in [2.24, 2.45) is 17.3 Å². The number of cyclic esters (lactones) is 1. The van der Waals surface area contributed by atoms with Crippen LogP contribution in [0.1, 0.15) is 76.7 Å². The maximum Gasteiger partial charge on any atom is 0.410 e. The maximum absolute atomic E-state index is 13.8. The predicted octanol–water partition coefficient (Wildman–Crippen LogP) is 4.94. The van der Waals surface area contributed by atoms with Gasteiger partial charge in [0.25, 0.3) is 0 Å². The number of nitrogens with one attached hydrogen (secondary N) is 1. The molecule has 7 heteroatoms. The Morgan fingerprint density at radius 1 is 1.08 bits per heavy atom. The molecule has 6 nitrogen and oxygen atoms in total. The van der Waals surface area contributed by atoms with Gasteiger partial charge in [-0.3, -0.25) is 9.69 Å². The molecule has 0 bridgehead atoms. The van der Waals surface area contributed by atoms with Crippen LogP contribution in [-0.4, -0.2) is 66.7 Å². The molecule has 1 aliphatic carbocycles. The lowest BCUT2D eigenvalue weighted by Gasteiger charge is -2.51. The van der Waals surface area contributed by atoms with E-state index in [0.717, 1.165) is 57.5 Å². The number of carbonyl (C=O) groups excluding carboxylic acids is 2. The first-order valence-corrected chi connectivity index (χ1v) is 14.0. The number of carbonyl (C=O) groups is 2. The molecular weight excluding hydrogens is 457 g/mol. The molecular formula is C29H42FN3O3. The van der Waals surface area contributed by atoms with E-state index in [-0.39, 0.29) is 40.6 Å². The first-order valence-electron chi connectivity index (χ1n) is 14.0. The normalized spacial score (nSPS) is 28.7. The second-order valence-electron chi connectivity index (χ2n) is 12.2. The Morgan fingerprint density at radius 2 is 1.78 bits per heavy atom. The van der Waals surface area contributed by atoms with E-state index < -0.39 is 0 Å². The third kappa shape index (κ3) is 5.00. The van der Waals surface area contributed by atoms with Crippen molar-refractivity contribution >= 4 is 12.0 Å². The van der Waals surface area contributed by atoms with Crippen LogP contribution in [0, 0.1) is 23.1 Å². The van der Waals surface area contributed by atoms with Gasteiger partial charge < -0.3 is 15.0 Å². The zero-order valence-corrected chi connectivity index (χ0v) is 21.9. The van der Waals surface area contributed by atoms with Crippen molar-refractivity contribution in [2.45, 2.75) is 76.7 Å². The number of piperidine rings is 2. The summed E-state index contributed by atoms with van der Waals surface area (Å²) >= 11 is 0. The third-order valence-corrected chi connectivity index (χ3v) is 9.61. The van der Waals surface area contributed by atoms with E-state index in [4.69, 9.17) is 4.74 Å². The Balaban J connectivity index is 1.31. The highest BCUT2D eigenvalue weighted by Crippen LogP contribution is 2.48. The summed E-state index contributed by atoms with van der Waals surface area (Å²) in [5.41, 5.74) is 0.788. The maximum atomic E-state index is 13.8. The largest absolute Gasteiger partial charge is 0.447 e. The Bertz CT molecular complexity index is 936. The Morgan fingerprint density at radius 3 is 2.42 bits per heavy atom. The van der Waals surface area contributed by atoms with Gasteiger partial charge in [0.2, 0.25) is 5.91 Å². The lowest BCUT2D eigenvalue weighted by Crippen LogP contribution is -2.56. The van der Waals surface area contributed by atoms with E-state index in [1.165, 1.54) is 44.2 Å². The van der Waals surface area contributed by atoms with E-state index in [1.807, 2.05) is 17.0 Å². The molecule has 2 atom stereocenters. The third-order valence-electron chi connectivity index (χ3n) is 9.61. The number of nitrogens with zero attached hydrogens (tertiary/aromatic N) is 2. The molecule has 1 saturated carbocycles. The van der Waals surface area contributed by atoms with Crippen LogP contribution in [0.2, 0.25) is 0 Å². The van der Waals surface area contributed by atoms with Crippen LogP contribution in [0.4, 0.5) is 9.18 Å². The predicted molar refractivity (Wildman–Crippen MR) is 137 cm³/mol. The molecule has 3 aliphatic heterocycles. The molecule has 1 aromatic carbocycles. The van der Waals surface area contributed by atoms with Crippen molar-refractivity contribution in [2.75, 3.05) is 39.3 Å². The van der Waals surface area contributed by atoms with Gasteiger partial charge in [-0.05, 0) is 81.5 Å². The average molecular weight is 500 g/mol.